The van der Waals surface area contributed by atoms with E-state index in [0.29, 0.717) is 6.10 Å². The van der Waals surface area contributed by atoms with Crippen LogP contribution in [0.2, 0.25) is 0 Å². The summed E-state index contributed by atoms with van der Waals surface area (Å²) in [6.45, 7) is 2.05. The van der Waals surface area contributed by atoms with E-state index < -0.39 is 0 Å². The fourth-order valence-corrected chi connectivity index (χ4v) is 1.79. The lowest BCUT2D eigenvalue weighted by Gasteiger charge is -2.11. The van der Waals surface area contributed by atoms with E-state index in [1.165, 1.54) is 25.7 Å². The molecule has 1 aliphatic rings. The quantitative estimate of drug-likeness (QED) is 0.737. The fourth-order valence-electron chi connectivity index (χ4n) is 1.79. The number of hydrogen-bond donors (Lipinski definition) is 0. The Morgan fingerprint density at radius 2 is 1.93 bits per heavy atom. The van der Waals surface area contributed by atoms with Crippen LogP contribution in [0, 0.1) is 0 Å². The fraction of sp³-hybridized carbons (Fsp3) is 0.636. The number of rotatable bonds is 3. The van der Waals surface area contributed by atoms with Crippen molar-refractivity contribution in [2.24, 2.45) is 0 Å². The molecule has 1 heterocycles. The predicted molar refractivity (Wildman–Crippen MR) is 54.3 cm³/mol. The lowest BCUT2D eigenvalue weighted by atomic mass is 10.3. The Morgan fingerprint density at radius 1 is 1.29 bits per heavy atom. The molecule has 0 bridgehead atoms. The van der Waals surface area contributed by atoms with Crippen molar-refractivity contribution in [2.45, 2.75) is 45.1 Å². The van der Waals surface area contributed by atoms with Gasteiger partial charge < -0.3 is 4.74 Å². The zero-order valence-electron chi connectivity index (χ0n) is 8.57. The summed E-state index contributed by atoms with van der Waals surface area (Å²) >= 11 is 0. The summed E-state index contributed by atoms with van der Waals surface area (Å²) in [5.74, 6) is 1.69. The first-order valence-electron chi connectivity index (χ1n) is 5.36. The van der Waals surface area contributed by atoms with Gasteiger partial charge in [-0.25, -0.2) is 9.97 Å². The second kappa shape index (κ2) is 4.40. The molecule has 14 heavy (non-hydrogen) atoms. The lowest BCUT2D eigenvalue weighted by molar-refractivity contribution is 0.208. The van der Waals surface area contributed by atoms with Gasteiger partial charge in [0, 0.05) is 6.42 Å². The second-order valence-corrected chi connectivity index (χ2v) is 3.71. The zero-order valence-corrected chi connectivity index (χ0v) is 8.57. The van der Waals surface area contributed by atoms with Crippen LogP contribution in [0.25, 0.3) is 0 Å². The summed E-state index contributed by atoms with van der Waals surface area (Å²) in [7, 11) is 0. The molecule has 1 aromatic rings. The van der Waals surface area contributed by atoms with Crippen molar-refractivity contribution in [3.63, 3.8) is 0 Å². The third-order valence-electron chi connectivity index (χ3n) is 2.60. The molecule has 1 aliphatic carbocycles. The molecule has 2 rings (SSSR count). The number of nitrogens with zero attached hydrogens (tertiary/aromatic N) is 2. The highest BCUT2D eigenvalue weighted by Crippen LogP contribution is 2.22. The molecular weight excluding hydrogens is 176 g/mol. The molecule has 1 aromatic heterocycles. The zero-order chi connectivity index (χ0) is 9.80. The van der Waals surface area contributed by atoms with Gasteiger partial charge in [0.1, 0.15) is 5.82 Å². The number of aromatic nitrogens is 2. The van der Waals surface area contributed by atoms with Crippen LogP contribution in [0.5, 0.6) is 5.75 Å². The van der Waals surface area contributed by atoms with Crippen molar-refractivity contribution in [2.75, 3.05) is 0 Å². The van der Waals surface area contributed by atoms with Crippen LogP contribution in [0.4, 0.5) is 0 Å². The molecule has 76 valence electrons. The van der Waals surface area contributed by atoms with Crippen LogP contribution < -0.4 is 4.74 Å². The molecule has 0 saturated heterocycles. The van der Waals surface area contributed by atoms with E-state index in [9.17, 15) is 0 Å². The van der Waals surface area contributed by atoms with Gasteiger partial charge in [0.2, 0.25) is 0 Å². The van der Waals surface area contributed by atoms with E-state index in [1.54, 1.807) is 12.4 Å². The van der Waals surface area contributed by atoms with Crippen LogP contribution in [0.1, 0.15) is 38.4 Å². The summed E-state index contributed by atoms with van der Waals surface area (Å²) in [4.78, 5) is 8.41. The van der Waals surface area contributed by atoms with Gasteiger partial charge in [0.05, 0.1) is 18.5 Å². The summed E-state index contributed by atoms with van der Waals surface area (Å²) in [5, 5.41) is 0. The minimum absolute atomic E-state index is 0.395. The minimum atomic E-state index is 0.395. The van der Waals surface area contributed by atoms with Gasteiger partial charge in [-0.3, -0.25) is 0 Å². The first-order valence-corrected chi connectivity index (χ1v) is 5.36. The largest absolute Gasteiger partial charge is 0.487 e. The first kappa shape index (κ1) is 9.44. The van der Waals surface area contributed by atoms with Crippen LogP contribution >= 0.6 is 0 Å². The Labute approximate surface area is 84.5 Å². The molecule has 0 amide bonds. The number of ether oxygens (including phenoxy) is 1. The molecule has 0 aromatic carbocycles. The smallest absolute Gasteiger partial charge is 0.156 e. The van der Waals surface area contributed by atoms with Gasteiger partial charge >= 0.3 is 0 Å². The molecule has 0 aliphatic heterocycles. The monoisotopic (exact) mass is 192 g/mol. The standard InChI is InChI=1S/C11H16N2O/c1-2-11-12-7-10(8-13-11)14-9-5-3-4-6-9/h7-9H,2-6H2,1H3. The molecule has 0 radical (unpaired) electrons. The molecular formula is C11H16N2O. The summed E-state index contributed by atoms with van der Waals surface area (Å²) < 4.78 is 5.75. The maximum Gasteiger partial charge on any atom is 0.156 e. The molecule has 1 saturated carbocycles. The van der Waals surface area contributed by atoms with Gasteiger partial charge in [-0.15, -0.1) is 0 Å². The summed E-state index contributed by atoms with van der Waals surface area (Å²) in [6.07, 6.45) is 9.77. The van der Waals surface area contributed by atoms with Crippen molar-refractivity contribution < 1.29 is 4.74 Å². The molecule has 1 fully saturated rings. The Kier molecular flexibility index (Phi) is 2.96. The molecule has 3 nitrogen and oxygen atoms in total. The first-order chi connectivity index (χ1) is 6.88. The van der Waals surface area contributed by atoms with Crippen LogP contribution in [0.15, 0.2) is 12.4 Å². The van der Waals surface area contributed by atoms with Crippen LogP contribution in [-0.4, -0.2) is 16.1 Å². The van der Waals surface area contributed by atoms with Crippen molar-refractivity contribution in [3.8, 4) is 5.75 Å². The summed E-state index contributed by atoms with van der Waals surface area (Å²) in [6, 6.07) is 0. The molecule has 0 N–H and O–H groups in total. The third-order valence-corrected chi connectivity index (χ3v) is 2.60. The Morgan fingerprint density at radius 3 is 2.50 bits per heavy atom. The topological polar surface area (TPSA) is 35.0 Å². The maximum atomic E-state index is 5.75. The van der Waals surface area contributed by atoms with Crippen molar-refractivity contribution in [1.82, 2.24) is 9.97 Å². The van der Waals surface area contributed by atoms with E-state index in [1.807, 2.05) is 6.92 Å². The minimum Gasteiger partial charge on any atom is -0.487 e. The van der Waals surface area contributed by atoms with E-state index in [0.717, 1.165) is 18.0 Å². The van der Waals surface area contributed by atoms with E-state index in [2.05, 4.69) is 9.97 Å². The number of hydrogen-bond acceptors (Lipinski definition) is 3. The van der Waals surface area contributed by atoms with Gasteiger partial charge in [0.25, 0.3) is 0 Å². The van der Waals surface area contributed by atoms with E-state index in [-0.39, 0.29) is 0 Å². The Bertz CT molecular complexity index is 278. The molecule has 0 spiro atoms. The Balaban J connectivity index is 1.95. The van der Waals surface area contributed by atoms with Crippen molar-refractivity contribution >= 4 is 0 Å². The summed E-state index contributed by atoms with van der Waals surface area (Å²) in [5.41, 5.74) is 0. The highest BCUT2D eigenvalue weighted by atomic mass is 16.5. The normalized spacial score (nSPS) is 17.2. The highest BCUT2D eigenvalue weighted by Gasteiger charge is 2.16. The van der Waals surface area contributed by atoms with E-state index >= 15 is 0 Å². The predicted octanol–water partition coefficient (Wildman–Crippen LogP) is 2.36. The second-order valence-electron chi connectivity index (χ2n) is 3.71. The van der Waals surface area contributed by atoms with Gasteiger partial charge in [-0.05, 0) is 25.7 Å². The van der Waals surface area contributed by atoms with Crippen molar-refractivity contribution in [3.05, 3.63) is 18.2 Å². The highest BCUT2D eigenvalue weighted by molar-refractivity contribution is 5.13. The van der Waals surface area contributed by atoms with Gasteiger partial charge in [-0.2, -0.15) is 0 Å². The Hall–Kier alpha value is -1.12. The van der Waals surface area contributed by atoms with Crippen molar-refractivity contribution in [1.29, 1.82) is 0 Å². The van der Waals surface area contributed by atoms with Gasteiger partial charge in [0.15, 0.2) is 5.75 Å². The maximum absolute atomic E-state index is 5.75. The average molecular weight is 192 g/mol. The molecule has 0 unspecified atom stereocenters. The SMILES string of the molecule is CCc1ncc(OC2CCCC2)cn1. The third kappa shape index (κ3) is 2.22. The molecule has 0 atom stereocenters. The van der Waals surface area contributed by atoms with Crippen LogP contribution in [-0.2, 0) is 6.42 Å². The van der Waals surface area contributed by atoms with E-state index in [4.69, 9.17) is 4.74 Å². The number of aryl methyl sites for hydroxylation is 1. The van der Waals surface area contributed by atoms with Crippen LogP contribution in [0.3, 0.4) is 0 Å². The average Bonchev–Trinajstić information content (AvgIpc) is 2.72. The molecule has 3 heteroatoms. The van der Waals surface area contributed by atoms with Gasteiger partial charge in [-0.1, -0.05) is 6.92 Å². The lowest BCUT2D eigenvalue weighted by Crippen LogP contribution is -2.11.